The molecule has 10 rings (SSSR count). The van der Waals surface area contributed by atoms with Crippen LogP contribution in [0.4, 0.5) is 17.1 Å². The van der Waals surface area contributed by atoms with Crippen LogP contribution in [0.2, 0.25) is 0 Å². The maximum Gasteiger partial charge on any atom is 0.0540 e. The monoisotopic (exact) mass is 751 g/mol. The molecule has 0 aromatic heterocycles. The first-order valence-corrected chi connectivity index (χ1v) is 20.3. The van der Waals surface area contributed by atoms with Crippen molar-refractivity contribution in [3.8, 4) is 66.8 Å². The highest BCUT2D eigenvalue weighted by molar-refractivity contribution is 5.96. The van der Waals surface area contributed by atoms with Crippen LogP contribution in [-0.2, 0) is 0 Å². The fourth-order valence-corrected chi connectivity index (χ4v) is 8.43. The normalized spacial score (nSPS) is 11.1. The molecule has 278 valence electrons. The van der Waals surface area contributed by atoms with Gasteiger partial charge < -0.3 is 4.90 Å². The van der Waals surface area contributed by atoms with Crippen LogP contribution in [0.25, 0.3) is 77.5 Å². The Hall–Kier alpha value is -7.74. The summed E-state index contributed by atoms with van der Waals surface area (Å²) in [7, 11) is 0. The number of anilines is 3. The number of fused-ring (bicyclic) bond motifs is 1. The fourth-order valence-electron chi connectivity index (χ4n) is 8.43. The third kappa shape index (κ3) is 7.12. The van der Waals surface area contributed by atoms with Gasteiger partial charge in [0, 0.05) is 16.9 Å². The van der Waals surface area contributed by atoms with Crippen LogP contribution >= 0.6 is 0 Å². The van der Waals surface area contributed by atoms with Gasteiger partial charge in [0.15, 0.2) is 0 Å². The average Bonchev–Trinajstić information content (AvgIpc) is 3.33. The zero-order valence-corrected chi connectivity index (χ0v) is 32.6. The van der Waals surface area contributed by atoms with Crippen LogP contribution in [0.5, 0.6) is 0 Å². The van der Waals surface area contributed by atoms with E-state index < -0.39 is 0 Å². The van der Waals surface area contributed by atoms with Gasteiger partial charge in [-0.25, -0.2) is 0 Å². The molecule has 1 nitrogen and oxygen atoms in total. The van der Waals surface area contributed by atoms with Gasteiger partial charge >= 0.3 is 0 Å². The van der Waals surface area contributed by atoms with E-state index in [0.717, 1.165) is 17.1 Å². The Labute approximate surface area is 346 Å². The van der Waals surface area contributed by atoms with E-state index in [1.165, 1.54) is 77.5 Å². The molecule has 0 aliphatic rings. The standard InChI is InChI=1S/C58H41N/c1-3-18-44(19-4-1)51-23-9-11-26-54(51)56-28-13-14-29-57(56)55-27-12-10-24-52(55)46-35-39-50(40-36-46)59(58-30-16-15-25-53(58)45-20-5-2-6-21-45)49-37-33-43(34-38-49)48-32-31-42-17-7-8-22-47(42)41-48/h1-41H. The van der Waals surface area contributed by atoms with E-state index in [2.05, 4.69) is 254 Å². The van der Waals surface area contributed by atoms with Crippen LogP contribution in [0.3, 0.4) is 0 Å². The van der Waals surface area contributed by atoms with Crippen molar-refractivity contribution in [2.45, 2.75) is 0 Å². The van der Waals surface area contributed by atoms with E-state index in [-0.39, 0.29) is 0 Å². The molecule has 0 heterocycles. The van der Waals surface area contributed by atoms with Gasteiger partial charge in [0.25, 0.3) is 0 Å². The maximum absolute atomic E-state index is 2.39. The molecule has 0 spiro atoms. The molecular formula is C58H41N. The Morgan fingerprint density at radius 3 is 1.10 bits per heavy atom. The van der Waals surface area contributed by atoms with E-state index in [1.54, 1.807) is 0 Å². The number of benzene rings is 10. The van der Waals surface area contributed by atoms with Gasteiger partial charge in [-0.15, -0.1) is 0 Å². The summed E-state index contributed by atoms with van der Waals surface area (Å²) in [4.78, 5) is 2.39. The topological polar surface area (TPSA) is 3.24 Å². The predicted molar refractivity (Wildman–Crippen MR) is 251 cm³/mol. The summed E-state index contributed by atoms with van der Waals surface area (Å²) in [6.07, 6.45) is 0. The van der Waals surface area contributed by atoms with Crippen LogP contribution < -0.4 is 4.90 Å². The van der Waals surface area contributed by atoms with Gasteiger partial charge in [-0.3, -0.25) is 0 Å². The number of rotatable bonds is 9. The molecule has 0 atom stereocenters. The van der Waals surface area contributed by atoms with Gasteiger partial charge in [0.2, 0.25) is 0 Å². The molecule has 0 saturated carbocycles. The van der Waals surface area contributed by atoms with Crippen LogP contribution in [0.15, 0.2) is 249 Å². The molecule has 0 amide bonds. The van der Waals surface area contributed by atoms with Crippen molar-refractivity contribution < 1.29 is 0 Å². The van der Waals surface area contributed by atoms with Gasteiger partial charge in [-0.2, -0.15) is 0 Å². The highest BCUT2D eigenvalue weighted by Crippen LogP contribution is 2.44. The summed E-state index contributed by atoms with van der Waals surface area (Å²) in [6, 6.07) is 89.8. The lowest BCUT2D eigenvalue weighted by Crippen LogP contribution is -2.11. The summed E-state index contributed by atoms with van der Waals surface area (Å²) >= 11 is 0. The van der Waals surface area contributed by atoms with Crippen LogP contribution in [-0.4, -0.2) is 0 Å². The second kappa shape index (κ2) is 16.0. The first-order chi connectivity index (χ1) is 29.3. The third-order valence-corrected chi connectivity index (χ3v) is 11.3. The zero-order chi connectivity index (χ0) is 39.4. The minimum Gasteiger partial charge on any atom is -0.310 e. The number of nitrogens with zero attached hydrogens (tertiary/aromatic N) is 1. The van der Waals surface area contributed by atoms with Crippen molar-refractivity contribution in [1.29, 1.82) is 0 Å². The Morgan fingerprint density at radius 2 is 0.559 bits per heavy atom. The second-order valence-electron chi connectivity index (χ2n) is 14.9. The molecule has 59 heavy (non-hydrogen) atoms. The zero-order valence-electron chi connectivity index (χ0n) is 32.6. The minimum absolute atomic E-state index is 1.09. The van der Waals surface area contributed by atoms with Gasteiger partial charge in [-0.1, -0.05) is 212 Å². The summed E-state index contributed by atoms with van der Waals surface area (Å²) in [6.45, 7) is 0. The molecule has 10 aromatic carbocycles. The number of hydrogen-bond acceptors (Lipinski definition) is 1. The molecule has 0 saturated heterocycles. The lowest BCUT2D eigenvalue weighted by atomic mass is 9.87. The van der Waals surface area contributed by atoms with E-state index in [1.807, 2.05) is 0 Å². The second-order valence-corrected chi connectivity index (χ2v) is 14.9. The molecule has 0 fully saturated rings. The first-order valence-electron chi connectivity index (χ1n) is 20.3. The van der Waals surface area contributed by atoms with Crippen LogP contribution in [0, 0.1) is 0 Å². The van der Waals surface area contributed by atoms with Crippen LogP contribution in [0.1, 0.15) is 0 Å². The molecule has 0 aliphatic carbocycles. The van der Waals surface area contributed by atoms with Crippen molar-refractivity contribution >= 4 is 27.8 Å². The quantitative estimate of drug-likeness (QED) is 0.142. The molecule has 0 aliphatic heterocycles. The average molecular weight is 752 g/mol. The minimum atomic E-state index is 1.09. The van der Waals surface area contributed by atoms with Crippen molar-refractivity contribution in [2.75, 3.05) is 4.90 Å². The molecular weight excluding hydrogens is 711 g/mol. The summed E-state index contributed by atoms with van der Waals surface area (Å²) in [5, 5.41) is 2.50. The van der Waals surface area contributed by atoms with Crippen molar-refractivity contribution in [3.63, 3.8) is 0 Å². The van der Waals surface area contributed by atoms with E-state index in [4.69, 9.17) is 0 Å². The van der Waals surface area contributed by atoms with Crippen molar-refractivity contribution in [2.24, 2.45) is 0 Å². The summed E-state index contributed by atoms with van der Waals surface area (Å²) in [5.74, 6) is 0. The first kappa shape index (κ1) is 35.7. The molecule has 0 unspecified atom stereocenters. The Bertz CT molecular complexity index is 3020. The lowest BCUT2D eigenvalue weighted by molar-refractivity contribution is 1.28. The van der Waals surface area contributed by atoms with Crippen molar-refractivity contribution in [3.05, 3.63) is 249 Å². The number of para-hydroxylation sites is 1. The van der Waals surface area contributed by atoms with Gasteiger partial charge in [0.05, 0.1) is 5.69 Å². The molecule has 0 N–H and O–H groups in total. The fraction of sp³-hybridized carbons (Fsp3) is 0. The smallest absolute Gasteiger partial charge is 0.0540 e. The summed E-state index contributed by atoms with van der Waals surface area (Å²) in [5.41, 5.74) is 17.7. The predicted octanol–water partition coefficient (Wildman–Crippen LogP) is 16.3. The van der Waals surface area contributed by atoms with E-state index >= 15 is 0 Å². The Kier molecular flexibility index (Phi) is 9.68. The molecule has 0 bridgehead atoms. The highest BCUT2D eigenvalue weighted by atomic mass is 15.1. The maximum atomic E-state index is 2.39. The lowest BCUT2D eigenvalue weighted by Gasteiger charge is -2.28. The van der Waals surface area contributed by atoms with Crippen molar-refractivity contribution in [1.82, 2.24) is 0 Å². The SMILES string of the molecule is c1ccc(-c2ccccc2-c2ccccc2-c2ccccc2-c2ccc(N(c3ccc(-c4ccc5ccccc5c4)cc3)c3ccccc3-c3ccccc3)cc2)cc1. The van der Waals surface area contributed by atoms with Gasteiger partial charge in [0.1, 0.15) is 0 Å². The molecule has 10 aromatic rings. The largest absolute Gasteiger partial charge is 0.310 e. The van der Waals surface area contributed by atoms with E-state index in [0.29, 0.717) is 0 Å². The van der Waals surface area contributed by atoms with E-state index in [9.17, 15) is 0 Å². The molecule has 1 heteroatoms. The number of hydrogen-bond donors (Lipinski definition) is 0. The van der Waals surface area contributed by atoms with Gasteiger partial charge in [-0.05, 0) is 108 Å². The third-order valence-electron chi connectivity index (χ3n) is 11.3. The Balaban J connectivity index is 1.06. The molecule has 0 radical (unpaired) electrons. The highest BCUT2D eigenvalue weighted by Gasteiger charge is 2.19. The Morgan fingerprint density at radius 1 is 0.203 bits per heavy atom. The summed E-state index contributed by atoms with van der Waals surface area (Å²) < 4.78 is 0.